The van der Waals surface area contributed by atoms with E-state index in [1.54, 1.807) is 73.6 Å². The summed E-state index contributed by atoms with van der Waals surface area (Å²) in [5.74, 6) is -3.51. The molecule has 0 aliphatic heterocycles. The van der Waals surface area contributed by atoms with E-state index in [0.29, 0.717) is 23.5 Å². The highest BCUT2D eigenvalue weighted by Crippen LogP contribution is 2.29. The third kappa shape index (κ3) is 14.6. The van der Waals surface area contributed by atoms with Crippen LogP contribution in [0.25, 0.3) is 11.3 Å². The lowest BCUT2D eigenvalue weighted by Crippen LogP contribution is -2.47. The number of nitrogens with one attached hydrogen (secondary N) is 3. The molecule has 3 atom stereocenters. The number of rotatable bonds is 20. The number of carbonyl (C=O) groups is 6. The predicted molar refractivity (Wildman–Crippen MR) is 195 cm³/mol. The Morgan fingerprint density at radius 2 is 1.58 bits per heavy atom. The Bertz CT molecular complexity index is 1560. The molecular weight excluding hydrogens is 688 g/mol. The summed E-state index contributed by atoms with van der Waals surface area (Å²) < 4.78 is 22.4. The number of esters is 2. The van der Waals surface area contributed by atoms with Gasteiger partial charge in [-0.25, -0.2) is 9.86 Å². The van der Waals surface area contributed by atoms with Crippen molar-refractivity contribution in [3.8, 4) is 17.1 Å². The smallest absolute Gasteiger partial charge is 0.329 e. The van der Waals surface area contributed by atoms with Crippen LogP contribution < -0.4 is 20.7 Å². The lowest BCUT2D eigenvalue weighted by molar-refractivity contribution is -0.168. The van der Waals surface area contributed by atoms with Gasteiger partial charge >= 0.3 is 11.9 Å². The van der Waals surface area contributed by atoms with Gasteiger partial charge in [-0.2, -0.15) is 0 Å². The average molecular weight is 745 g/mol. The van der Waals surface area contributed by atoms with Gasteiger partial charge in [0.05, 0.1) is 37.2 Å². The van der Waals surface area contributed by atoms with E-state index in [-0.39, 0.29) is 42.5 Å². The van der Waals surface area contributed by atoms with Gasteiger partial charge in [-0.05, 0) is 85.6 Å². The normalized spacial score (nSPS) is 13.2. The van der Waals surface area contributed by atoms with E-state index in [1.165, 1.54) is 12.1 Å². The molecule has 0 fully saturated rings. The van der Waals surface area contributed by atoms with E-state index < -0.39 is 65.3 Å². The van der Waals surface area contributed by atoms with Gasteiger partial charge in [0, 0.05) is 5.56 Å². The fourth-order valence-corrected chi connectivity index (χ4v) is 5.38. The fraction of sp³-hybridized carbons (Fsp3) is 0.579. The average Bonchev–Trinajstić information content (AvgIpc) is 3.56. The van der Waals surface area contributed by atoms with Crippen molar-refractivity contribution in [2.24, 2.45) is 5.92 Å². The van der Waals surface area contributed by atoms with Crippen molar-refractivity contribution in [3.05, 3.63) is 41.7 Å². The minimum atomic E-state index is -1.35. The zero-order chi connectivity index (χ0) is 39.9. The lowest BCUT2D eigenvalue weighted by atomic mass is 9.90. The largest absolute Gasteiger partial charge is 0.493 e. The minimum Gasteiger partial charge on any atom is -0.493 e. The van der Waals surface area contributed by atoms with Crippen LogP contribution in [0.4, 0.5) is 0 Å². The van der Waals surface area contributed by atoms with E-state index in [2.05, 4.69) is 16.0 Å². The van der Waals surface area contributed by atoms with E-state index in [0.717, 1.165) is 19.3 Å². The van der Waals surface area contributed by atoms with Crippen molar-refractivity contribution in [1.82, 2.24) is 21.0 Å². The molecule has 4 N–H and O–H groups in total. The number of benzene rings is 1. The number of furan rings is 1. The molecule has 1 aromatic carbocycles. The van der Waals surface area contributed by atoms with Crippen LogP contribution in [0.2, 0.25) is 0 Å². The number of hydrogen-bond acceptors (Lipinski definition) is 11. The molecule has 2 rings (SSSR count). The van der Waals surface area contributed by atoms with Crippen LogP contribution in [0.3, 0.4) is 0 Å². The first-order valence-electron chi connectivity index (χ1n) is 17.9. The van der Waals surface area contributed by atoms with Gasteiger partial charge in [0.2, 0.25) is 12.3 Å². The molecule has 1 heterocycles. The molecule has 1 aromatic heterocycles. The number of amides is 4. The van der Waals surface area contributed by atoms with Gasteiger partial charge in [0.1, 0.15) is 28.8 Å². The summed E-state index contributed by atoms with van der Waals surface area (Å²) >= 11 is 0. The standard InChI is InChI=1S/C38H56N4O11/c1-10-13-14-15-25(28(11-2)42(49)23-43)33(45)39-22-40-35(47)30-19-18-29(51-30)24-16-17-26(31(20-24)50-12-3)34(46)41-27(36(48)53-38(7,8)9)21-32(44)52-37(4,5)6/h16-20,23,25,27-28,49H,10-15,21-22H2,1-9H3,(H,39,45)(H,40,47)(H,41,46)/t25-,27+,28-/m1/s1. The third-order valence-corrected chi connectivity index (χ3v) is 7.73. The second kappa shape index (κ2) is 20.4. The highest BCUT2D eigenvalue weighted by molar-refractivity contribution is 6.00. The molecule has 4 amide bonds. The second-order valence-corrected chi connectivity index (χ2v) is 14.4. The lowest BCUT2D eigenvalue weighted by Gasteiger charge is -2.29. The summed E-state index contributed by atoms with van der Waals surface area (Å²) in [6.07, 6.45) is 3.19. The minimum absolute atomic E-state index is 0.0511. The number of hydrogen-bond donors (Lipinski definition) is 4. The Morgan fingerprint density at radius 3 is 2.17 bits per heavy atom. The number of nitrogens with zero attached hydrogens (tertiary/aromatic N) is 1. The monoisotopic (exact) mass is 744 g/mol. The molecule has 15 nitrogen and oxygen atoms in total. The van der Waals surface area contributed by atoms with Crippen molar-refractivity contribution < 1.29 is 52.6 Å². The molecular formula is C38H56N4O11. The first kappa shape index (κ1) is 44.2. The Morgan fingerprint density at radius 1 is 0.906 bits per heavy atom. The van der Waals surface area contributed by atoms with Gasteiger partial charge in [-0.3, -0.25) is 29.2 Å². The van der Waals surface area contributed by atoms with Crippen LogP contribution in [-0.2, 0) is 28.7 Å². The second-order valence-electron chi connectivity index (χ2n) is 14.4. The Balaban J connectivity index is 2.20. The van der Waals surface area contributed by atoms with E-state index in [4.69, 9.17) is 18.6 Å². The molecule has 0 spiro atoms. The summed E-state index contributed by atoms with van der Waals surface area (Å²) in [7, 11) is 0. The summed E-state index contributed by atoms with van der Waals surface area (Å²) in [4.78, 5) is 76.3. The number of unbranched alkanes of at least 4 members (excludes halogenated alkanes) is 2. The number of carbonyl (C=O) groups excluding carboxylic acids is 6. The molecule has 294 valence electrons. The summed E-state index contributed by atoms with van der Waals surface area (Å²) in [5, 5.41) is 18.4. The molecule has 0 unspecified atom stereocenters. The summed E-state index contributed by atoms with van der Waals surface area (Å²) in [6, 6.07) is 5.53. The van der Waals surface area contributed by atoms with Crippen molar-refractivity contribution in [2.75, 3.05) is 13.3 Å². The van der Waals surface area contributed by atoms with Gasteiger partial charge in [0.25, 0.3) is 11.8 Å². The highest BCUT2D eigenvalue weighted by Gasteiger charge is 2.33. The first-order chi connectivity index (χ1) is 24.8. The molecule has 2 aromatic rings. The van der Waals surface area contributed by atoms with Crippen LogP contribution in [0.5, 0.6) is 5.75 Å². The molecule has 0 saturated heterocycles. The maximum Gasteiger partial charge on any atom is 0.329 e. The Hall–Kier alpha value is -4.92. The fourth-order valence-electron chi connectivity index (χ4n) is 5.38. The van der Waals surface area contributed by atoms with Gasteiger partial charge in [-0.15, -0.1) is 0 Å². The number of ether oxygens (including phenoxy) is 3. The SMILES string of the molecule is CCCCC[C@@H](C(=O)NCNC(=O)c1ccc(-c2ccc(C(=O)N[C@@H](CC(=O)OC(C)(C)C)C(=O)OC(C)(C)C)c(OCC)c2)o1)[C@@H](CC)N(O)C=O. The van der Waals surface area contributed by atoms with Crippen LogP contribution in [0.15, 0.2) is 34.7 Å². The van der Waals surface area contributed by atoms with Crippen molar-refractivity contribution in [2.45, 2.75) is 124 Å². The van der Waals surface area contributed by atoms with Gasteiger partial charge < -0.3 is 34.6 Å². The predicted octanol–water partition coefficient (Wildman–Crippen LogP) is 5.14. The Kier molecular flexibility index (Phi) is 17.0. The molecule has 0 aliphatic rings. The molecule has 0 radical (unpaired) electrons. The third-order valence-electron chi connectivity index (χ3n) is 7.73. The maximum absolute atomic E-state index is 13.5. The molecule has 53 heavy (non-hydrogen) atoms. The summed E-state index contributed by atoms with van der Waals surface area (Å²) in [6.45, 7) is 15.6. The molecule has 0 aliphatic carbocycles. The van der Waals surface area contributed by atoms with Crippen LogP contribution >= 0.6 is 0 Å². The van der Waals surface area contributed by atoms with Crippen LogP contribution in [0, 0.1) is 5.92 Å². The first-order valence-corrected chi connectivity index (χ1v) is 17.9. The quantitative estimate of drug-likeness (QED) is 0.0349. The van der Waals surface area contributed by atoms with Crippen LogP contribution in [0.1, 0.15) is 122 Å². The van der Waals surface area contributed by atoms with E-state index in [9.17, 15) is 34.0 Å². The van der Waals surface area contributed by atoms with Crippen molar-refractivity contribution in [3.63, 3.8) is 0 Å². The molecule has 15 heteroatoms. The molecule has 0 bridgehead atoms. The zero-order valence-electron chi connectivity index (χ0n) is 32.3. The topological polar surface area (TPSA) is 203 Å². The maximum atomic E-state index is 13.5. The van der Waals surface area contributed by atoms with E-state index >= 15 is 0 Å². The van der Waals surface area contributed by atoms with E-state index in [1.807, 2.05) is 6.92 Å². The zero-order valence-corrected chi connectivity index (χ0v) is 32.3. The van der Waals surface area contributed by atoms with Crippen LogP contribution in [-0.4, -0.2) is 82.9 Å². The Labute approximate surface area is 311 Å². The highest BCUT2D eigenvalue weighted by atomic mass is 16.6. The van der Waals surface area contributed by atoms with Crippen molar-refractivity contribution >= 4 is 36.1 Å². The van der Waals surface area contributed by atoms with Crippen molar-refractivity contribution in [1.29, 1.82) is 0 Å². The molecule has 0 saturated carbocycles. The van der Waals surface area contributed by atoms with Gasteiger partial charge in [-0.1, -0.05) is 39.2 Å². The summed E-state index contributed by atoms with van der Waals surface area (Å²) in [5.41, 5.74) is -1.14. The van der Waals surface area contributed by atoms with Gasteiger partial charge in [0.15, 0.2) is 5.76 Å². The number of hydroxylamine groups is 2.